The van der Waals surface area contributed by atoms with Gasteiger partial charge in [-0.3, -0.25) is 19.2 Å². The van der Waals surface area contributed by atoms with Crippen LogP contribution in [0.25, 0.3) is 0 Å². The molecule has 0 bridgehead atoms. The van der Waals surface area contributed by atoms with Gasteiger partial charge in [-0.1, -0.05) is 12.8 Å². The van der Waals surface area contributed by atoms with Gasteiger partial charge < -0.3 is 36.2 Å². The van der Waals surface area contributed by atoms with E-state index in [-0.39, 0.29) is 85.9 Å². The fourth-order valence-electron chi connectivity index (χ4n) is 10.6. The molecule has 4 heterocycles. The predicted molar refractivity (Wildman–Crippen MR) is 181 cm³/mol. The van der Waals surface area contributed by atoms with Crippen molar-refractivity contribution in [3.8, 4) is 0 Å². The highest BCUT2D eigenvalue weighted by Gasteiger charge is 2.98. The molecule has 296 valence electrons. The van der Waals surface area contributed by atoms with Gasteiger partial charge in [0.2, 0.25) is 0 Å². The minimum absolute atomic E-state index is 0.0101. The summed E-state index contributed by atoms with van der Waals surface area (Å²) in [6, 6.07) is -2.23. The maximum Gasteiger partial charge on any atom is 0.482 e. The zero-order chi connectivity index (χ0) is 39.2. The van der Waals surface area contributed by atoms with Crippen molar-refractivity contribution in [2.24, 2.45) is 5.92 Å². The van der Waals surface area contributed by atoms with Crippen LogP contribution in [0.3, 0.4) is 0 Å². The SMILES string of the molecule is C[N+]12CC[N+]3(CC(=O)O)CC[N@+]4(CC(=O)O)CC[N@+](CC(=O)CCCCC[C@H](CC(=O)CCC(NC(=O)NCCCC(=O)O)C(=O)O)C(=O)O)(CC1)[C@@]234. The number of Topliss-reactive ketones (excluding diaryl/α,β-unsaturated/α-hetero) is 2. The first-order valence-electron chi connectivity index (χ1n) is 18.5. The number of rotatable bonds is 24. The van der Waals surface area contributed by atoms with Crippen LogP contribution >= 0.6 is 0 Å². The minimum Gasteiger partial charge on any atom is -0.481 e. The number of carboxylic acids is 5. The predicted octanol–water partition coefficient (Wildman–Crippen LogP) is -0.705. The Morgan fingerprint density at radius 3 is 1.64 bits per heavy atom. The lowest BCUT2D eigenvalue weighted by Gasteiger charge is -2.49. The molecular weight excluding hydrogens is 700 g/mol. The summed E-state index contributed by atoms with van der Waals surface area (Å²) in [4.78, 5) is 97.0. The number of urea groups is 1. The van der Waals surface area contributed by atoms with E-state index >= 15 is 0 Å². The highest BCUT2D eigenvalue weighted by Crippen LogP contribution is 2.61. The van der Waals surface area contributed by atoms with Crippen LogP contribution in [-0.2, 0) is 33.6 Å². The van der Waals surface area contributed by atoms with Gasteiger partial charge in [-0.2, -0.15) is 8.97 Å². The van der Waals surface area contributed by atoms with Gasteiger partial charge in [0, 0.05) is 32.2 Å². The van der Waals surface area contributed by atoms with E-state index < -0.39 is 59.5 Å². The number of carbonyl (C=O) groups is 8. The number of quaternary nitrogens is 4. The van der Waals surface area contributed by atoms with Gasteiger partial charge >= 0.3 is 41.8 Å². The summed E-state index contributed by atoms with van der Waals surface area (Å²) < 4.78 is 1.51. The number of unbranched alkanes of at least 4 members (excludes halogenated alkanes) is 2. The first-order valence-corrected chi connectivity index (χ1v) is 18.5. The standard InChI is InChI=1S/C34H52N6O13/c1-37-12-14-38(16-17-40(23-30(47)48)19-18-39(15-13-37,22-29(45)46)34(37,38)40)21-26(42)7-4-2-3-6-24(31(49)50)20-25(41)9-10-27(32(51)52)36-33(53)35-11-5-8-28(43)44/h24,27H,2-23H2,1H3,(H3-4,35,36,43,44,45,46,47,48,49,50,51,52,53)/p+4/t24-,27?,34+,37?,38+,39?,40+/m1/s1. The van der Waals surface area contributed by atoms with Gasteiger partial charge in [-0.15, -0.1) is 8.97 Å². The van der Waals surface area contributed by atoms with Crippen LogP contribution in [0.1, 0.15) is 64.2 Å². The second-order valence-electron chi connectivity index (χ2n) is 15.7. The molecule has 0 aromatic rings. The summed E-state index contributed by atoms with van der Waals surface area (Å²) in [5, 5.41) is 52.5. The van der Waals surface area contributed by atoms with Crippen molar-refractivity contribution >= 4 is 47.4 Å². The van der Waals surface area contributed by atoms with E-state index in [9.17, 15) is 58.8 Å². The summed E-state index contributed by atoms with van der Waals surface area (Å²) in [5.74, 6) is -7.67. The molecule has 1 spiro atoms. The molecule has 7 atom stereocenters. The van der Waals surface area contributed by atoms with E-state index in [2.05, 4.69) is 17.7 Å². The maximum absolute atomic E-state index is 13.7. The molecule has 19 nitrogen and oxygen atoms in total. The van der Waals surface area contributed by atoms with E-state index in [1.807, 2.05) is 0 Å². The molecule has 4 saturated heterocycles. The number of carbonyl (C=O) groups excluding carboxylic acids is 3. The third kappa shape index (κ3) is 8.17. The Morgan fingerprint density at radius 2 is 1.13 bits per heavy atom. The van der Waals surface area contributed by atoms with E-state index in [4.69, 9.17) is 5.11 Å². The second-order valence-corrected chi connectivity index (χ2v) is 15.7. The van der Waals surface area contributed by atoms with Crippen molar-refractivity contribution in [3.63, 3.8) is 0 Å². The van der Waals surface area contributed by atoms with Crippen molar-refractivity contribution in [1.29, 1.82) is 0 Å². The lowest BCUT2D eigenvalue weighted by Crippen LogP contribution is -2.85. The quantitative estimate of drug-likeness (QED) is 0.0475. The Bertz CT molecular complexity index is 1470. The van der Waals surface area contributed by atoms with Crippen molar-refractivity contribution in [1.82, 2.24) is 10.6 Å². The van der Waals surface area contributed by atoms with Crippen molar-refractivity contribution in [3.05, 3.63) is 0 Å². The van der Waals surface area contributed by atoms with Crippen molar-refractivity contribution < 1.29 is 81.8 Å². The van der Waals surface area contributed by atoms with Crippen LogP contribution in [-0.4, -0.2) is 188 Å². The van der Waals surface area contributed by atoms with Crippen LogP contribution in [0.4, 0.5) is 4.79 Å². The summed E-state index contributed by atoms with van der Waals surface area (Å²) in [6.45, 7) is 5.02. The molecule has 0 radical (unpaired) electrons. The van der Waals surface area contributed by atoms with Crippen molar-refractivity contribution in [2.75, 3.05) is 85.6 Å². The zero-order valence-electron chi connectivity index (χ0n) is 30.5. The van der Waals surface area contributed by atoms with E-state index in [1.54, 1.807) is 0 Å². The van der Waals surface area contributed by atoms with Crippen LogP contribution in [0.2, 0.25) is 0 Å². The van der Waals surface area contributed by atoms with Crippen molar-refractivity contribution in [2.45, 2.75) is 76.2 Å². The number of amides is 2. The van der Waals surface area contributed by atoms with Gasteiger partial charge in [0.15, 0.2) is 25.4 Å². The molecular formula is C34H56N6O13+4. The van der Waals surface area contributed by atoms with Gasteiger partial charge in [-0.25, -0.2) is 19.2 Å². The summed E-state index contributed by atoms with van der Waals surface area (Å²) in [6.07, 6.45) is 1.03. The zero-order valence-corrected chi connectivity index (χ0v) is 30.5. The molecule has 0 saturated carbocycles. The number of nitrogens with one attached hydrogen (secondary N) is 2. The lowest BCUT2D eigenvalue weighted by molar-refractivity contribution is -1.36. The lowest BCUT2D eigenvalue weighted by atomic mass is 9.93. The Labute approximate surface area is 307 Å². The van der Waals surface area contributed by atoms with Crippen LogP contribution in [0.15, 0.2) is 0 Å². The summed E-state index contributed by atoms with van der Waals surface area (Å²) in [7, 11) is 2.11. The largest absolute Gasteiger partial charge is 0.482 e. The van der Waals surface area contributed by atoms with Gasteiger partial charge in [-0.05, 0) is 25.7 Å². The fourth-order valence-corrected chi connectivity index (χ4v) is 10.6. The fraction of sp³-hybridized carbons (Fsp3) is 0.765. The number of carboxylic acid groups (broad SMARTS) is 5. The molecule has 19 heteroatoms. The molecule has 4 rings (SSSR count). The average molecular weight is 757 g/mol. The topological polar surface area (TPSA) is 262 Å². The number of aliphatic carboxylic acids is 5. The van der Waals surface area contributed by atoms with E-state index in [1.165, 1.54) is 0 Å². The van der Waals surface area contributed by atoms with Crippen LogP contribution < -0.4 is 10.6 Å². The molecule has 4 aliphatic heterocycles. The summed E-state index contributed by atoms with van der Waals surface area (Å²) >= 11 is 0. The Balaban J connectivity index is 1.27. The molecule has 7 N–H and O–H groups in total. The van der Waals surface area contributed by atoms with E-state index in [0.717, 1.165) is 13.1 Å². The smallest absolute Gasteiger partial charge is 0.481 e. The number of likely N-dealkylation sites (N-methyl/N-ethyl adjacent to an activating group) is 1. The molecule has 0 aromatic carbocycles. The minimum atomic E-state index is -1.40. The van der Waals surface area contributed by atoms with Crippen LogP contribution in [0, 0.1) is 5.92 Å². The Hall–Kier alpha value is -4.20. The monoisotopic (exact) mass is 756 g/mol. The molecule has 53 heavy (non-hydrogen) atoms. The number of ketones is 2. The number of hydrogen-bond acceptors (Lipinski definition) is 8. The highest BCUT2D eigenvalue weighted by atomic mass is 16.4. The third-order valence-electron chi connectivity index (χ3n) is 12.4. The highest BCUT2D eigenvalue weighted by molar-refractivity contribution is 5.86. The number of nitrogens with zero attached hydrogens (tertiary/aromatic N) is 4. The Kier molecular flexibility index (Phi) is 12.9. The molecule has 4 fully saturated rings. The first kappa shape index (κ1) is 41.6. The molecule has 0 aliphatic carbocycles. The second kappa shape index (κ2) is 16.4. The molecule has 4 aliphatic rings. The summed E-state index contributed by atoms with van der Waals surface area (Å²) in [5.41, 5.74) is 0. The van der Waals surface area contributed by atoms with E-state index in [0.29, 0.717) is 67.5 Å². The average Bonchev–Trinajstić information content (AvgIpc) is 3.68. The molecule has 2 amide bonds. The normalized spacial score (nSPS) is 30.5. The molecule has 3 unspecified atom stereocenters. The maximum atomic E-state index is 13.7. The third-order valence-corrected chi connectivity index (χ3v) is 12.4. The molecule has 0 aromatic heterocycles. The van der Waals surface area contributed by atoms with Gasteiger partial charge in [0.05, 0.1) is 13.0 Å². The van der Waals surface area contributed by atoms with Gasteiger partial charge in [0.25, 0.3) is 0 Å². The van der Waals surface area contributed by atoms with Gasteiger partial charge in [0.1, 0.15) is 64.2 Å². The first-order chi connectivity index (χ1) is 24.9. The van der Waals surface area contributed by atoms with Crippen LogP contribution in [0.5, 0.6) is 0 Å². The number of hydrogen-bond donors (Lipinski definition) is 7. The Morgan fingerprint density at radius 1 is 0.585 bits per heavy atom.